The number of aliphatic hydroxyl groups is 2. The van der Waals surface area contributed by atoms with E-state index in [0.29, 0.717) is 55.1 Å². The number of amides is 3. The molecule has 1 atom stereocenters. The molecule has 0 radical (unpaired) electrons. The molecule has 2 aromatic carbocycles. The minimum Gasteiger partial charge on any atom is -0.478 e. The number of benzene rings is 2. The number of halogens is 1. The average Bonchev–Trinajstić information content (AvgIpc) is 3.27. The van der Waals surface area contributed by atoms with Crippen molar-refractivity contribution in [1.82, 2.24) is 16.0 Å². The molecule has 344 valence electrons. The Hall–Kier alpha value is -5.23. The molecule has 0 aliphatic carbocycles. The van der Waals surface area contributed by atoms with Gasteiger partial charge in [0.2, 0.25) is 5.91 Å². The molecule has 0 fully saturated rings. The fourth-order valence-corrected chi connectivity index (χ4v) is 5.94. The van der Waals surface area contributed by atoms with Crippen molar-refractivity contribution in [2.24, 2.45) is 5.92 Å². The summed E-state index contributed by atoms with van der Waals surface area (Å²) in [6, 6.07) is 13.1. The molecule has 0 spiro atoms. The van der Waals surface area contributed by atoms with Crippen LogP contribution in [0.3, 0.4) is 0 Å². The molecule has 0 bridgehead atoms. The summed E-state index contributed by atoms with van der Waals surface area (Å²) in [5, 5.41) is 27.9. The first-order valence-electron chi connectivity index (χ1n) is 22.2. The number of aliphatic hydroxyl groups excluding tert-OH is 2. The van der Waals surface area contributed by atoms with E-state index in [1.54, 1.807) is 50.2 Å². The van der Waals surface area contributed by atoms with Gasteiger partial charge in [0.1, 0.15) is 11.8 Å². The first-order chi connectivity index (χ1) is 30.5. The fourth-order valence-electron chi connectivity index (χ4n) is 5.81. The monoisotopic (exact) mass is 887 g/mol. The van der Waals surface area contributed by atoms with E-state index in [-0.39, 0.29) is 50.4 Å². The van der Waals surface area contributed by atoms with Crippen LogP contribution in [-0.4, -0.2) is 78.5 Å². The normalized spacial score (nSPS) is 12.7. The summed E-state index contributed by atoms with van der Waals surface area (Å²) in [6.45, 7) is 5.40. The van der Waals surface area contributed by atoms with E-state index in [9.17, 15) is 29.4 Å². The first-order valence-corrected chi connectivity index (χ1v) is 22.5. The van der Waals surface area contributed by atoms with Crippen molar-refractivity contribution in [3.8, 4) is 5.75 Å². The molecular weight excluding hydrogens is 818 g/mol. The fraction of sp³-hybridized carbons (Fsp3) is 0.451. The van der Waals surface area contributed by atoms with Gasteiger partial charge in [-0.05, 0) is 126 Å². The number of rotatable bonds is 32. The van der Waals surface area contributed by atoms with Crippen molar-refractivity contribution in [2.75, 3.05) is 32.9 Å². The van der Waals surface area contributed by atoms with Crippen molar-refractivity contribution >= 4 is 35.3 Å². The Morgan fingerprint density at radius 1 is 0.714 bits per heavy atom. The molecule has 63 heavy (non-hydrogen) atoms. The summed E-state index contributed by atoms with van der Waals surface area (Å²) < 4.78 is 11.3. The van der Waals surface area contributed by atoms with Gasteiger partial charge in [0.15, 0.2) is 5.60 Å². The van der Waals surface area contributed by atoms with Gasteiger partial charge in [0.05, 0.1) is 19.8 Å². The zero-order valence-electron chi connectivity index (χ0n) is 37.4. The van der Waals surface area contributed by atoms with Crippen LogP contribution >= 0.6 is 11.6 Å². The number of hydrogen-bond acceptors (Lipinski definition) is 8. The van der Waals surface area contributed by atoms with Crippen LogP contribution in [0.4, 0.5) is 0 Å². The molecule has 3 amide bonds. The second-order valence-corrected chi connectivity index (χ2v) is 15.9. The van der Waals surface area contributed by atoms with Crippen molar-refractivity contribution in [3.05, 3.63) is 138 Å². The van der Waals surface area contributed by atoms with Gasteiger partial charge >= 0.3 is 5.97 Å². The highest BCUT2D eigenvalue weighted by atomic mass is 35.5. The van der Waals surface area contributed by atoms with Crippen molar-refractivity contribution in [3.63, 3.8) is 0 Å². The maximum atomic E-state index is 13.1. The summed E-state index contributed by atoms with van der Waals surface area (Å²) in [7, 11) is 0. The summed E-state index contributed by atoms with van der Waals surface area (Å²) >= 11 is 5.90. The van der Waals surface area contributed by atoms with Crippen molar-refractivity contribution < 1.29 is 38.9 Å². The van der Waals surface area contributed by atoms with E-state index < -0.39 is 23.5 Å². The lowest BCUT2D eigenvalue weighted by Gasteiger charge is -2.25. The number of unbranched alkanes of at least 4 members (excludes halogenated alkanes) is 1. The molecule has 0 aromatic heterocycles. The molecule has 0 aliphatic rings. The Morgan fingerprint density at radius 3 is 1.83 bits per heavy atom. The van der Waals surface area contributed by atoms with E-state index >= 15 is 0 Å². The highest BCUT2D eigenvalue weighted by molar-refractivity contribution is 6.30. The van der Waals surface area contributed by atoms with Crippen LogP contribution in [0.25, 0.3) is 0 Å². The lowest BCUT2D eigenvalue weighted by atomic mass is 10.1. The third-order valence-corrected chi connectivity index (χ3v) is 9.84. The topological polar surface area (TPSA) is 163 Å². The quantitative estimate of drug-likeness (QED) is 0.0277. The molecule has 1 unspecified atom stereocenters. The molecule has 0 saturated carbocycles. The average molecular weight is 889 g/mol. The second kappa shape index (κ2) is 33.3. The first kappa shape index (κ1) is 53.9. The Kier molecular flexibility index (Phi) is 28.5. The maximum Gasteiger partial charge on any atom is 0.328 e. The number of carbonyl (C=O) groups excluding carboxylic acids is 4. The predicted molar refractivity (Wildman–Crippen MR) is 254 cm³/mol. The molecular formula is C51H70ClN3O8. The standard InChI is InChI=1S/C51H70ClN3O8/c1-4-5-6-7-8-9-10-11-12-13-14-15-16-17-18-19-20-21-22-26-47(58)55-46(49(60)62-40-42(38-56)39-57)25-23-24-36-54-50(61)51(2,3)63-45-33-27-41(28-34-45)35-37-53-48(59)43-29-31-44(52)32-30-43/h5-6,8-9,11-12,14-15,17-18,20-21,27-34,42,46,56-57H,4,7,10,13,16,19,22-26,35-40H2,1-3H3,(H,53,59)(H,54,61)(H,55,58). The summed E-state index contributed by atoms with van der Waals surface area (Å²) in [5.74, 6) is -1.52. The van der Waals surface area contributed by atoms with E-state index in [0.717, 1.165) is 44.1 Å². The molecule has 0 heterocycles. The van der Waals surface area contributed by atoms with E-state index in [1.807, 2.05) is 24.3 Å². The number of carbonyl (C=O) groups is 4. The predicted octanol–water partition coefficient (Wildman–Crippen LogP) is 8.86. The van der Waals surface area contributed by atoms with Crippen LogP contribution in [0, 0.1) is 5.92 Å². The molecule has 2 rings (SSSR count). The third-order valence-electron chi connectivity index (χ3n) is 9.59. The van der Waals surface area contributed by atoms with Crippen molar-refractivity contribution in [1.29, 1.82) is 0 Å². The zero-order valence-corrected chi connectivity index (χ0v) is 38.2. The number of nitrogens with one attached hydrogen (secondary N) is 3. The van der Waals surface area contributed by atoms with Crippen LogP contribution in [0.2, 0.25) is 5.02 Å². The molecule has 2 aromatic rings. The second-order valence-electron chi connectivity index (χ2n) is 15.5. The number of hydrogen-bond donors (Lipinski definition) is 5. The highest BCUT2D eigenvalue weighted by Crippen LogP contribution is 2.20. The van der Waals surface area contributed by atoms with E-state index in [1.165, 1.54) is 0 Å². The van der Waals surface area contributed by atoms with Gasteiger partial charge < -0.3 is 35.6 Å². The summed E-state index contributed by atoms with van der Waals surface area (Å²) in [6.07, 6.45) is 33.7. The Balaban J connectivity index is 1.72. The van der Waals surface area contributed by atoms with Gasteiger partial charge in [-0.25, -0.2) is 4.79 Å². The molecule has 5 N–H and O–H groups in total. The van der Waals surface area contributed by atoms with Crippen LogP contribution in [0.1, 0.15) is 107 Å². The van der Waals surface area contributed by atoms with Gasteiger partial charge in [0, 0.05) is 36.0 Å². The Labute approximate surface area is 380 Å². The third kappa shape index (κ3) is 25.5. The Bertz CT molecular complexity index is 1800. The number of allylic oxidation sites excluding steroid dienone is 12. The van der Waals surface area contributed by atoms with Gasteiger partial charge in [0.25, 0.3) is 11.8 Å². The lowest BCUT2D eigenvalue weighted by molar-refractivity contribution is -0.150. The molecule has 0 aliphatic heterocycles. The van der Waals surface area contributed by atoms with E-state index in [2.05, 4.69) is 83.6 Å². The van der Waals surface area contributed by atoms with Gasteiger partial charge in [-0.2, -0.15) is 0 Å². The van der Waals surface area contributed by atoms with Crippen molar-refractivity contribution in [2.45, 2.75) is 109 Å². The van der Waals surface area contributed by atoms with Gasteiger partial charge in [-0.1, -0.05) is 104 Å². The largest absolute Gasteiger partial charge is 0.478 e. The smallest absolute Gasteiger partial charge is 0.328 e. The lowest BCUT2D eigenvalue weighted by Crippen LogP contribution is -2.47. The zero-order chi connectivity index (χ0) is 46.0. The van der Waals surface area contributed by atoms with E-state index in [4.69, 9.17) is 21.1 Å². The number of ether oxygens (including phenoxy) is 2. The van der Waals surface area contributed by atoms with Crippen LogP contribution < -0.4 is 20.7 Å². The van der Waals surface area contributed by atoms with Crippen LogP contribution in [0.15, 0.2) is 121 Å². The number of esters is 1. The molecule has 11 nitrogen and oxygen atoms in total. The SMILES string of the molecule is CCC=CCC=CCC=CCC=CCC=CCC=CCCC(=O)NC(CCCCNC(=O)C(C)(C)Oc1ccc(CCNC(=O)c2ccc(Cl)cc2)cc1)C(=O)OCC(CO)CO. The summed E-state index contributed by atoms with van der Waals surface area (Å²) in [4.78, 5) is 51.2. The molecule has 0 saturated heterocycles. The maximum absolute atomic E-state index is 13.1. The minimum absolute atomic E-state index is 0.173. The Morgan fingerprint density at radius 2 is 1.27 bits per heavy atom. The summed E-state index contributed by atoms with van der Waals surface area (Å²) in [5.41, 5.74) is 0.354. The van der Waals surface area contributed by atoms with Gasteiger partial charge in [-0.15, -0.1) is 0 Å². The minimum atomic E-state index is -1.17. The highest BCUT2D eigenvalue weighted by Gasteiger charge is 2.30. The van der Waals surface area contributed by atoms with Crippen LogP contribution in [-0.2, 0) is 25.5 Å². The molecule has 12 heteroatoms. The van der Waals surface area contributed by atoms with Gasteiger partial charge in [-0.3, -0.25) is 14.4 Å². The van der Waals surface area contributed by atoms with Crippen LogP contribution in [0.5, 0.6) is 5.75 Å².